The maximum absolute atomic E-state index is 11.8. The third-order valence-electron chi connectivity index (χ3n) is 2.83. The normalized spacial score (nSPS) is 23.2. The first-order valence-corrected chi connectivity index (χ1v) is 7.66. The van der Waals surface area contributed by atoms with Gasteiger partial charge in [0.25, 0.3) is 5.91 Å². The Morgan fingerprint density at radius 2 is 2.37 bits per heavy atom. The number of carbonyl (C=O) groups excluding carboxylic acids is 1. The zero-order valence-electron chi connectivity index (χ0n) is 10.6. The van der Waals surface area contributed by atoms with Crippen molar-refractivity contribution in [3.63, 3.8) is 0 Å². The number of amides is 1. The molecule has 2 rings (SSSR count). The molecule has 19 heavy (non-hydrogen) atoms. The van der Waals surface area contributed by atoms with Gasteiger partial charge in [-0.3, -0.25) is 14.5 Å². The average molecular weight is 284 g/mol. The lowest BCUT2D eigenvalue weighted by Crippen LogP contribution is -2.39. The Morgan fingerprint density at radius 3 is 2.95 bits per heavy atom. The summed E-state index contributed by atoms with van der Waals surface area (Å²) < 4.78 is 30.9. The molecule has 0 aliphatic carbocycles. The number of nitrogens with one attached hydrogen (secondary N) is 1. The average Bonchev–Trinajstić information content (AvgIpc) is 2.76. The SMILES string of the molecule is CC1COC(C(=O)NS(=O)(=O)Cc2cccnc2)C1. The molecule has 1 amide bonds. The molecule has 0 spiro atoms. The highest BCUT2D eigenvalue weighted by Gasteiger charge is 2.30. The van der Waals surface area contributed by atoms with Gasteiger partial charge in [0, 0.05) is 12.4 Å². The van der Waals surface area contributed by atoms with Crippen LogP contribution in [0.5, 0.6) is 0 Å². The fourth-order valence-electron chi connectivity index (χ4n) is 1.92. The van der Waals surface area contributed by atoms with Crippen LogP contribution >= 0.6 is 0 Å². The highest BCUT2D eigenvalue weighted by Crippen LogP contribution is 2.19. The molecule has 2 unspecified atom stereocenters. The molecule has 0 saturated carbocycles. The molecule has 1 N–H and O–H groups in total. The van der Waals surface area contributed by atoms with Gasteiger partial charge in [-0.1, -0.05) is 13.0 Å². The van der Waals surface area contributed by atoms with Gasteiger partial charge in [0.15, 0.2) is 0 Å². The first-order valence-electron chi connectivity index (χ1n) is 6.01. The van der Waals surface area contributed by atoms with Gasteiger partial charge in [-0.05, 0) is 24.0 Å². The largest absolute Gasteiger partial charge is 0.368 e. The zero-order chi connectivity index (χ0) is 13.9. The Hall–Kier alpha value is -1.47. The smallest absolute Gasteiger partial charge is 0.262 e. The van der Waals surface area contributed by atoms with Crippen molar-refractivity contribution in [2.45, 2.75) is 25.2 Å². The van der Waals surface area contributed by atoms with E-state index in [4.69, 9.17) is 4.74 Å². The van der Waals surface area contributed by atoms with Crippen LogP contribution in [0.25, 0.3) is 0 Å². The minimum Gasteiger partial charge on any atom is -0.368 e. The summed E-state index contributed by atoms with van der Waals surface area (Å²) in [6, 6.07) is 3.29. The summed E-state index contributed by atoms with van der Waals surface area (Å²) in [7, 11) is -3.71. The second-order valence-corrected chi connectivity index (χ2v) is 6.47. The molecule has 0 radical (unpaired) electrons. The Balaban J connectivity index is 1.96. The minimum atomic E-state index is -3.71. The molecular weight excluding hydrogens is 268 g/mol. The molecule has 6 nitrogen and oxygen atoms in total. The van der Waals surface area contributed by atoms with E-state index >= 15 is 0 Å². The van der Waals surface area contributed by atoms with Gasteiger partial charge in [0.05, 0.1) is 12.4 Å². The summed E-state index contributed by atoms with van der Waals surface area (Å²) in [5.41, 5.74) is 0.531. The lowest BCUT2D eigenvalue weighted by Gasteiger charge is -2.11. The summed E-state index contributed by atoms with van der Waals surface area (Å²) in [4.78, 5) is 15.6. The third-order valence-corrected chi connectivity index (χ3v) is 4.05. The van der Waals surface area contributed by atoms with Crippen molar-refractivity contribution in [3.8, 4) is 0 Å². The molecule has 1 aliphatic heterocycles. The fourth-order valence-corrected chi connectivity index (χ4v) is 3.04. The topological polar surface area (TPSA) is 85.4 Å². The highest BCUT2D eigenvalue weighted by molar-refractivity contribution is 7.89. The molecule has 2 atom stereocenters. The Morgan fingerprint density at radius 1 is 1.58 bits per heavy atom. The van der Waals surface area contributed by atoms with Crippen molar-refractivity contribution in [3.05, 3.63) is 30.1 Å². The van der Waals surface area contributed by atoms with E-state index < -0.39 is 22.0 Å². The number of nitrogens with zero attached hydrogens (tertiary/aromatic N) is 1. The van der Waals surface area contributed by atoms with Crippen LogP contribution in [-0.2, 0) is 25.3 Å². The number of carbonyl (C=O) groups is 1. The third kappa shape index (κ3) is 4.00. The lowest BCUT2D eigenvalue weighted by molar-refractivity contribution is -0.128. The molecule has 1 saturated heterocycles. The summed E-state index contributed by atoms with van der Waals surface area (Å²) in [5.74, 6) is -0.584. The number of hydrogen-bond acceptors (Lipinski definition) is 5. The quantitative estimate of drug-likeness (QED) is 0.867. The van der Waals surface area contributed by atoms with E-state index in [9.17, 15) is 13.2 Å². The number of pyridine rings is 1. The summed E-state index contributed by atoms with van der Waals surface area (Å²) in [5, 5.41) is 0. The van der Waals surface area contributed by atoms with E-state index in [0.717, 1.165) is 0 Å². The van der Waals surface area contributed by atoms with Gasteiger partial charge >= 0.3 is 0 Å². The second kappa shape index (κ2) is 5.66. The summed E-state index contributed by atoms with van der Waals surface area (Å²) in [6.07, 6.45) is 2.90. The number of rotatable bonds is 4. The molecule has 104 valence electrons. The van der Waals surface area contributed by atoms with Crippen molar-refractivity contribution in [1.82, 2.24) is 9.71 Å². The standard InChI is InChI=1S/C12H16N2O4S/c1-9-5-11(18-7-9)12(15)14-19(16,17)8-10-3-2-4-13-6-10/h2-4,6,9,11H,5,7-8H2,1H3,(H,14,15). The van der Waals surface area contributed by atoms with Crippen molar-refractivity contribution in [2.75, 3.05) is 6.61 Å². The molecule has 1 aromatic rings. The summed E-state index contributed by atoms with van der Waals surface area (Å²) >= 11 is 0. The Bertz CT molecular complexity index is 544. The van der Waals surface area contributed by atoms with Gasteiger partial charge in [-0.25, -0.2) is 8.42 Å². The van der Waals surface area contributed by atoms with Crippen LogP contribution in [0.2, 0.25) is 0 Å². The van der Waals surface area contributed by atoms with Gasteiger partial charge in [0.1, 0.15) is 6.10 Å². The van der Waals surface area contributed by atoms with E-state index in [1.165, 1.54) is 6.20 Å². The van der Waals surface area contributed by atoms with E-state index in [-0.39, 0.29) is 11.7 Å². The van der Waals surface area contributed by atoms with Gasteiger partial charge in [-0.2, -0.15) is 0 Å². The van der Waals surface area contributed by atoms with E-state index in [0.29, 0.717) is 18.6 Å². The monoisotopic (exact) mass is 284 g/mol. The fraction of sp³-hybridized carbons (Fsp3) is 0.500. The van der Waals surface area contributed by atoms with E-state index in [1.54, 1.807) is 18.3 Å². The van der Waals surface area contributed by atoms with Crippen molar-refractivity contribution < 1.29 is 17.9 Å². The number of aromatic nitrogens is 1. The second-order valence-electron chi connectivity index (χ2n) is 4.75. The van der Waals surface area contributed by atoms with Crippen LogP contribution in [0, 0.1) is 5.92 Å². The Kier molecular flexibility index (Phi) is 4.16. The van der Waals surface area contributed by atoms with Gasteiger partial charge < -0.3 is 4.74 Å². The maximum atomic E-state index is 11.8. The predicted molar refractivity (Wildman–Crippen MR) is 68.5 cm³/mol. The molecule has 0 bridgehead atoms. The lowest BCUT2D eigenvalue weighted by atomic mass is 10.1. The van der Waals surface area contributed by atoms with Crippen LogP contribution in [0.4, 0.5) is 0 Å². The first-order chi connectivity index (χ1) is 8.96. The maximum Gasteiger partial charge on any atom is 0.262 e. The van der Waals surface area contributed by atoms with Crippen LogP contribution < -0.4 is 4.72 Å². The molecule has 7 heteroatoms. The molecule has 1 aliphatic rings. The van der Waals surface area contributed by atoms with Crippen molar-refractivity contribution in [1.29, 1.82) is 0 Å². The van der Waals surface area contributed by atoms with Crippen LogP contribution in [0.15, 0.2) is 24.5 Å². The van der Waals surface area contributed by atoms with Crippen LogP contribution in [0.3, 0.4) is 0 Å². The molecule has 2 heterocycles. The number of hydrogen-bond donors (Lipinski definition) is 1. The number of ether oxygens (including phenoxy) is 1. The van der Waals surface area contributed by atoms with Crippen molar-refractivity contribution in [2.24, 2.45) is 5.92 Å². The molecular formula is C12H16N2O4S. The highest BCUT2D eigenvalue weighted by atomic mass is 32.2. The molecule has 1 fully saturated rings. The van der Waals surface area contributed by atoms with E-state index in [2.05, 4.69) is 4.98 Å². The molecule has 0 aromatic carbocycles. The van der Waals surface area contributed by atoms with Crippen molar-refractivity contribution >= 4 is 15.9 Å². The Labute approximate surface area is 112 Å². The zero-order valence-corrected chi connectivity index (χ0v) is 11.4. The van der Waals surface area contributed by atoms with Crippen LogP contribution in [0.1, 0.15) is 18.9 Å². The van der Waals surface area contributed by atoms with E-state index in [1.807, 2.05) is 11.6 Å². The van der Waals surface area contributed by atoms with Gasteiger partial charge in [0.2, 0.25) is 10.0 Å². The predicted octanol–water partition coefficient (Wildman–Crippen LogP) is 0.453. The van der Waals surface area contributed by atoms with Crippen LogP contribution in [-0.4, -0.2) is 32.0 Å². The van der Waals surface area contributed by atoms with Gasteiger partial charge in [-0.15, -0.1) is 0 Å². The first kappa shape index (κ1) is 14.0. The number of sulfonamides is 1. The summed E-state index contributed by atoms with van der Waals surface area (Å²) in [6.45, 7) is 2.44. The minimum absolute atomic E-state index is 0.269. The molecule has 1 aromatic heterocycles.